The second-order valence-electron chi connectivity index (χ2n) is 11.7. The predicted molar refractivity (Wildman–Crippen MR) is 172 cm³/mol. The largest absolute Gasteiger partial charge is 0.507 e. The lowest BCUT2D eigenvalue weighted by atomic mass is 10.1. The van der Waals surface area contributed by atoms with E-state index in [0.717, 1.165) is 21.3 Å². The van der Waals surface area contributed by atoms with E-state index in [1.807, 2.05) is 0 Å². The number of benzene rings is 3. The maximum Gasteiger partial charge on any atom is 0.507 e. The zero-order valence-electron chi connectivity index (χ0n) is 26.5. The summed E-state index contributed by atoms with van der Waals surface area (Å²) < 4.78 is 63.7. The number of nitro benzene ring substituents is 1. The van der Waals surface area contributed by atoms with E-state index in [-0.39, 0.29) is 49.8 Å². The highest BCUT2D eigenvalue weighted by molar-refractivity contribution is 5.57. The number of hydrogen-bond acceptors (Lipinski definition) is 9. The maximum atomic E-state index is 15.0. The Morgan fingerprint density at radius 1 is 1.04 bits per heavy atom. The number of nitrogens with two attached hydrogens (primary N) is 1. The van der Waals surface area contributed by atoms with Crippen LogP contribution in [0.1, 0.15) is 34.0 Å². The molecule has 1 aliphatic rings. The summed E-state index contributed by atoms with van der Waals surface area (Å²) in [6.07, 6.45) is -7.82. The summed E-state index contributed by atoms with van der Waals surface area (Å²) in [5, 5.41) is 20.8. The molecule has 0 saturated carbocycles. The van der Waals surface area contributed by atoms with Gasteiger partial charge in [-0.15, -0.1) is 0 Å². The van der Waals surface area contributed by atoms with Crippen LogP contribution in [0.25, 0.3) is 0 Å². The van der Waals surface area contributed by atoms with Crippen molar-refractivity contribution in [2.75, 3.05) is 24.5 Å². The van der Waals surface area contributed by atoms with Crippen LogP contribution in [0.15, 0.2) is 82.4 Å². The van der Waals surface area contributed by atoms with Crippen molar-refractivity contribution in [2.24, 2.45) is 5.73 Å². The fourth-order valence-corrected chi connectivity index (χ4v) is 6.05. The summed E-state index contributed by atoms with van der Waals surface area (Å²) in [6, 6.07) is 15.7. The molecule has 0 spiro atoms. The van der Waals surface area contributed by atoms with Crippen molar-refractivity contribution in [1.29, 1.82) is 0 Å². The second kappa shape index (κ2) is 14.5. The van der Waals surface area contributed by atoms with Crippen LogP contribution in [0, 0.1) is 22.9 Å². The van der Waals surface area contributed by atoms with Crippen LogP contribution in [0.5, 0.6) is 0 Å². The Bertz CT molecular complexity index is 2020. The minimum absolute atomic E-state index is 0.0373. The molecule has 2 heterocycles. The van der Waals surface area contributed by atoms with Crippen LogP contribution >= 0.6 is 0 Å². The molecule has 1 fully saturated rings. The number of hydrogen-bond donors (Lipinski definition) is 2. The van der Waals surface area contributed by atoms with Gasteiger partial charge in [0.25, 0.3) is 11.2 Å². The topological polar surface area (TPSA) is 166 Å². The summed E-state index contributed by atoms with van der Waals surface area (Å²) in [5.74, 6) is -1.21. The van der Waals surface area contributed by atoms with Crippen molar-refractivity contribution >= 4 is 17.5 Å². The molecule has 3 aromatic carbocycles. The smallest absolute Gasteiger partial charge is 0.450 e. The van der Waals surface area contributed by atoms with Crippen molar-refractivity contribution in [2.45, 2.75) is 45.0 Å². The summed E-state index contributed by atoms with van der Waals surface area (Å²) in [7, 11) is 0. The first-order chi connectivity index (χ1) is 23.6. The molecule has 264 valence electrons. The van der Waals surface area contributed by atoms with Gasteiger partial charge in [0.15, 0.2) is 6.23 Å². The third-order valence-corrected chi connectivity index (χ3v) is 8.51. The van der Waals surface area contributed by atoms with E-state index in [1.54, 1.807) is 41.3 Å². The van der Waals surface area contributed by atoms with Crippen LogP contribution in [0.2, 0.25) is 0 Å². The number of carbonyl (C=O) groups is 1. The Kier molecular flexibility index (Phi) is 10.4. The van der Waals surface area contributed by atoms with Gasteiger partial charge in [-0.2, -0.15) is 13.2 Å². The van der Waals surface area contributed by atoms with Crippen LogP contribution in [0.3, 0.4) is 0 Å². The van der Waals surface area contributed by atoms with Gasteiger partial charge >= 0.3 is 18.0 Å². The Labute approximate surface area is 281 Å². The molecule has 1 saturated heterocycles. The molecule has 0 radical (unpaired) electrons. The predicted octanol–water partition coefficient (Wildman–Crippen LogP) is 4.48. The molecule has 1 aliphatic heterocycles. The number of halogens is 4. The Balaban J connectivity index is 1.59. The average Bonchev–Trinajstić information content (AvgIpc) is 3.06. The van der Waals surface area contributed by atoms with Gasteiger partial charge in [-0.3, -0.25) is 28.9 Å². The molecule has 4 aromatic rings. The Hall–Kier alpha value is -5.55. The molecule has 1 aromatic heterocycles. The molecule has 50 heavy (non-hydrogen) atoms. The first kappa shape index (κ1) is 35.7. The number of anilines is 1. The highest BCUT2D eigenvalue weighted by atomic mass is 19.4. The standard InChI is InChI=1S/C33H32F4N6O7/c1-20-29(40-14-13-39(28(19-40)50-32(46)47)16-21-7-5-10-23(15-21)43(48)49)30(44)42(18-27(38)22-8-3-2-4-9-22)31(45)41(20)17-24-25(33(35,36)37)11-6-12-26(24)34/h2-12,15,27-28H,13-14,16-19,38H2,1H3,(H,46,47)/t27-,28?/m0/s1. The van der Waals surface area contributed by atoms with Crippen molar-refractivity contribution in [3.8, 4) is 0 Å². The minimum Gasteiger partial charge on any atom is -0.450 e. The van der Waals surface area contributed by atoms with Crippen LogP contribution in [-0.2, 0) is 30.5 Å². The maximum absolute atomic E-state index is 15.0. The van der Waals surface area contributed by atoms with E-state index in [0.29, 0.717) is 17.2 Å². The van der Waals surface area contributed by atoms with Crippen LogP contribution in [-0.4, -0.2) is 56.1 Å². The molecule has 1 unspecified atom stereocenters. The molecule has 13 nitrogen and oxygen atoms in total. The second-order valence-corrected chi connectivity index (χ2v) is 11.7. The number of nitro groups is 1. The zero-order chi connectivity index (χ0) is 36.3. The Morgan fingerprint density at radius 2 is 1.74 bits per heavy atom. The first-order valence-corrected chi connectivity index (χ1v) is 15.3. The molecule has 0 bridgehead atoms. The number of carboxylic acid groups (broad SMARTS) is 1. The number of piperazine rings is 1. The van der Waals surface area contributed by atoms with Gasteiger partial charge in [0.05, 0.1) is 30.1 Å². The van der Waals surface area contributed by atoms with Gasteiger partial charge in [-0.05, 0) is 30.2 Å². The number of nitrogens with zero attached hydrogens (tertiary/aromatic N) is 5. The lowest BCUT2D eigenvalue weighted by Gasteiger charge is -2.41. The van der Waals surface area contributed by atoms with Crippen molar-refractivity contribution in [1.82, 2.24) is 14.0 Å². The van der Waals surface area contributed by atoms with Gasteiger partial charge in [-0.1, -0.05) is 48.5 Å². The van der Waals surface area contributed by atoms with Gasteiger partial charge in [-0.25, -0.2) is 14.0 Å². The summed E-state index contributed by atoms with van der Waals surface area (Å²) >= 11 is 0. The number of ether oxygens (including phenoxy) is 1. The highest BCUT2D eigenvalue weighted by Gasteiger charge is 2.36. The fraction of sp³-hybridized carbons (Fsp3) is 0.303. The average molecular weight is 701 g/mol. The number of rotatable bonds is 10. The molecule has 2 atom stereocenters. The monoisotopic (exact) mass is 700 g/mol. The van der Waals surface area contributed by atoms with Crippen LogP contribution in [0.4, 0.5) is 33.7 Å². The molecule has 0 amide bonds. The van der Waals surface area contributed by atoms with E-state index >= 15 is 4.39 Å². The van der Waals surface area contributed by atoms with Crippen molar-refractivity contribution < 1.29 is 37.1 Å². The Morgan fingerprint density at radius 3 is 2.40 bits per heavy atom. The number of aromatic nitrogens is 2. The molecule has 0 aliphatic carbocycles. The third kappa shape index (κ3) is 7.68. The van der Waals surface area contributed by atoms with E-state index in [2.05, 4.69) is 0 Å². The van der Waals surface area contributed by atoms with Gasteiger partial charge in [0.1, 0.15) is 11.5 Å². The molecule has 3 N–H and O–H groups in total. The molecule has 5 rings (SSSR count). The molecule has 17 heteroatoms. The zero-order valence-corrected chi connectivity index (χ0v) is 26.5. The summed E-state index contributed by atoms with van der Waals surface area (Å²) in [4.78, 5) is 53.5. The van der Waals surface area contributed by atoms with Gasteiger partial charge in [0.2, 0.25) is 0 Å². The molecular weight excluding hydrogens is 668 g/mol. The summed E-state index contributed by atoms with van der Waals surface area (Å²) in [5.41, 5.74) is 3.01. The van der Waals surface area contributed by atoms with E-state index in [4.69, 9.17) is 10.5 Å². The normalized spacial score (nSPS) is 15.9. The van der Waals surface area contributed by atoms with Crippen molar-refractivity contribution in [3.05, 3.63) is 138 Å². The summed E-state index contributed by atoms with van der Waals surface area (Å²) in [6.45, 7) is -0.0732. The van der Waals surface area contributed by atoms with E-state index < -0.39 is 64.3 Å². The SMILES string of the molecule is Cc1c(N2CCN(Cc3cccc([N+](=O)[O-])c3)C(OC(=O)O)C2)c(=O)n(C[C@H](N)c2ccccc2)c(=O)n1Cc1c(F)cccc1C(F)(F)F. The lowest BCUT2D eigenvalue weighted by Crippen LogP contribution is -2.56. The van der Waals surface area contributed by atoms with Crippen molar-refractivity contribution in [3.63, 3.8) is 0 Å². The number of non-ortho nitro benzene ring substituents is 1. The minimum atomic E-state index is -4.96. The highest BCUT2D eigenvalue weighted by Crippen LogP contribution is 2.34. The quantitative estimate of drug-likeness (QED) is 0.104. The van der Waals surface area contributed by atoms with E-state index in [9.17, 15) is 42.8 Å². The fourth-order valence-electron chi connectivity index (χ4n) is 6.05. The lowest BCUT2D eigenvalue weighted by molar-refractivity contribution is -0.384. The third-order valence-electron chi connectivity index (χ3n) is 8.51. The van der Waals surface area contributed by atoms with Gasteiger partial charge in [0, 0.05) is 49.1 Å². The number of alkyl halides is 3. The first-order valence-electron chi connectivity index (χ1n) is 15.3. The van der Waals surface area contributed by atoms with Crippen LogP contribution < -0.4 is 21.9 Å². The van der Waals surface area contributed by atoms with E-state index in [1.165, 1.54) is 30.0 Å². The molecular formula is C33H32F4N6O7. The van der Waals surface area contributed by atoms with Gasteiger partial charge < -0.3 is 20.5 Å².